The van der Waals surface area contributed by atoms with E-state index in [9.17, 15) is 4.79 Å². The lowest BCUT2D eigenvalue weighted by atomic mass is 10.2. The molecule has 0 unspecified atom stereocenters. The number of carbonyl (C=O) groups is 1. The van der Waals surface area contributed by atoms with Crippen LogP contribution < -0.4 is 4.74 Å². The van der Waals surface area contributed by atoms with Gasteiger partial charge in [0.1, 0.15) is 17.4 Å². The van der Waals surface area contributed by atoms with E-state index in [2.05, 4.69) is 4.98 Å². The summed E-state index contributed by atoms with van der Waals surface area (Å²) in [4.78, 5) is 15.1. The quantitative estimate of drug-likeness (QED) is 0.673. The highest BCUT2D eigenvalue weighted by Crippen LogP contribution is 2.24. The van der Waals surface area contributed by atoms with Gasteiger partial charge in [-0.25, -0.2) is 9.78 Å². The number of benzene rings is 2. The highest BCUT2D eigenvalue weighted by molar-refractivity contribution is 7.13. The highest BCUT2D eigenvalue weighted by atomic mass is 32.1. The van der Waals surface area contributed by atoms with Gasteiger partial charge in [0.05, 0.1) is 5.69 Å². The van der Waals surface area contributed by atoms with E-state index in [4.69, 9.17) is 9.84 Å². The van der Waals surface area contributed by atoms with Gasteiger partial charge in [0.15, 0.2) is 0 Å². The first-order valence-corrected chi connectivity index (χ1v) is 8.22. The van der Waals surface area contributed by atoms with Crippen molar-refractivity contribution in [1.29, 1.82) is 0 Å². The monoisotopic (exact) mass is 337 g/mol. The molecular weight excluding hydrogens is 322 g/mol. The molecule has 0 saturated heterocycles. The molecule has 0 aliphatic carbocycles. The molecule has 0 spiro atoms. The van der Waals surface area contributed by atoms with Gasteiger partial charge >= 0.3 is 5.97 Å². The Labute approximate surface area is 143 Å². The molecule has 0 fully saturated rings. The molecule has 3 aromatic rings. The summed E-state index contributed by atoms with van der Waals surface area (Å²) in [5.41, 5.74) is 2.73. The third-order valence-corrected chi connectivity index (χ3v) is 4.18. The van der Waals surface area contributed by atoms with Crippen LogP contribution in [0.3, 0.4) is 0 Å². The summed E-state index contributed by atoms with van der Waals surface area (Å²) < 4.78 is 5.75. The molecule has 1 heterocycles. The van der Waals surface area contributed by atoms with Crippen LogP contribution in [0.2, 0.25) is 0 Å². The first kappa shape index (κ1) is 16.0. The number of rotatable bonds is 6. The Morgan fingerprint density at radius 2 is 2.00 bits per heavy atom. The number of ether oxygens (including phenoxy) is 1. The smallest absolute Gasteiger partial charge is 0.328 e. The minimum atomic E-state index is -0.975. The molecule has 0 atom stereocenters. The van der Waals surface area contributed by atoms with Crippen molar-refractivity contribution in [2.24, 2.45) is 0 Å². The number of hydrogen-bond donors (Lipinski definition) is 1. The van der Waals surface area contributed by atoms with E-state index in [1.807, 2.05) is 53.9 Å². The van der Waals surface area contributed by atoms with Crippen LogP contribution in [-0.2, 0) is 11.4 Å². The molecule has 120 valence electrons. The number of aromatic nitrogens is 1. The van der Waals surface area contributed by atoms with Crippen molar-refractivity contribution in [1.82, 2.24) is 4.98 Å². The first-order chi connectivity index (χ1) is 11.7. The predicted octanol–water partition coefficient (Wildman–Crippen LogP) is 4.49. The van der Waals surface area contributed by atoms with Gasteiger partial charge in [-0.3, -0.25) is 0 Å². The van der Waals surface area contributed by atoms with Gasteiger partial charge in [-0.2, -0.15) is 0 Å². The second-order valence-corrected chi connectivity index (χ2v) is 5.90. The van der Waals surface area contributed by atoms with Gasteiger partial charge in [-0.15, -0.1) is 11.3 Å². The van der Waals surface area contributed by atoms with E-state index >= 15 is 0 Å². The predicted molar refractivity (Wildman–Crippen MR) is 95.0 cm³/mol. The maximum Gasteiger partial charge on any atom is 0.328 e. The fourth-order valence-corrected chi connectivity index (χ4v) is 2.93. The summed E-state index contributed by atoms with van der Waals surface area (Å²) in [6.07, 6.45) is 2.64. The van der Waals surface area contributed by atoms with E-state index in [1.165, 1.54) is 6.08 Å². The molecule has 0 amide bonds. The van der Waals surface area contributed by atoms with Crippen LogP contribution in [0.5, 0.6) is 5.75 Å². The summed E-state index contributed by atoms with van der Waals surface area (Å²) in [6, 6.07) is 17.3. The molecule has 3 rings (SSSR count). The minimum absolute atomic E-state index is 0.370. The lowest BCUT2D eigenvalue weighted by Crippen LogP contribution is -1.96. The fourth-order valence-electron chi connectivity index (χ4n) is 2.12. The summed E-state index contributed by atoms with van der Waals surface area (Å²) in [6.45, 7) is 0.370. The lowest BCUT2D eigenvalue weighted by Gasteiger charge is -2.05. The van der Waals surface area contributed by atoms with Crippen LogP contribution in [0, 0.1) is 0 Å². The zero-order chi connectivity index (χ0) is 16.8. The van der Waals surface area contributed by atoms with Crippen LogP contribution in [0.15, 0.2) is 66.1 Å². The molecule has 0 saturated carbocycles. The van der Waals surface area contributed by atoms with Gasteiger partial charge in [0.25, 0.3) is 0 Å². The molecule has 1 N–H and O–H groups in total. The van der Waals surface area contributed by atoms with Crippen molar-refractivity contribution >= 4 is 23.4 Å². The molecule has 0 aliphatic rings. The Morgan fingerprint density at radius 1 is 1.17 bits per heavy atom. The Hall–Kier alpha value is -2.92. The molecule has 0 aliphatic heterocycles. The standard InChI is InChI=1S/C19H15NO3S/c21-18(22)10-9-14-5-4-8-17(11-14)23-12-16-13-24-19(20-16)15-6-2-1-3-7-15/h1-11,13H,12H2,(H,21,22)/b10-9+. The number of carboxylic acid groups (broad SMARTS) is 1. The van der Waals surface area contributed by atoms with Gasteiger partial charge in [0, 0.05) is 17.0 Å². The Balaban J connectivity index is 1.65. The van der Waals surface area contributed by atoms with Crippen LogP contribution in [0.4, 0.5) is 0 Å². The van der Waals surface area contributed by atoms with Crippen LogP contribution in [0.1, 0.15) is 11.3 Å². The summed E-state index contributed by atoms with van der Waals surface area (Å²) in [5.74, 6) is -0.297. The topological polar surface area (TPSA) is 59.4 Å². The number of aliphatic carboxylic acids is 1. The number of carboxylic acids is 1. The third kappa shape index (κ3) is 4.30. The van der Waals surface area contributed by atoms with Crippen molar-refractivity contribution in [3.8, 4) is 16.3 Å². The van der Waals surface area contributed by atoms with E-state index in [-0.39, 0.29) is 0 Å². The van der Waals surface area contributed by atoms with Crippen LogP contribution in [0.25, 0.3) is 16.6 Å². The van der Waals surface area contributed by atoms with Crippen molar-refractivity contribution in [2.45, 2.75) is 6.61 Å². The normalized spacial score (nSPS) is 10.8. The maximum atomic E-state index is 10.6. The van der Waals surface area contributed by atoms with E-state index in [0.29, 0.717) is 12.4 Å². The van der Waals surface area contributed by atoms with Crippen LogP contribution in [-0.4, -0.2) is 16.1 Å². The highest BCUT2D eigenvalue weighted by Gasteiger charge is 2.05. The summed E-state index contributed by atoms with van der Waals surface area (Å²) >= 11 is 1.58. The Morgan fingerprint density at radius 3 is 2.79 bits per heavy atom. The molecule has 0 radical (unpaired) electrons. The molecule has 1 aromatic heterocycles. The van der Waals surface area contributed by atoms with Crippen molar-refractivity contribution in [3.05, 3.63) is 77.3 Å². The van der Waals surface area contributed by atoms with Crippen molar-refractivity contribution in [2.75, 3.05) is 0 Å². The van der Waals surface area contributed by atoms with Gasteiger partial charge < -0.3 is 9.84 Å². The second-order valence-electron chi connectivity index (χ2n) is 5.04. The largest absolute Gasteiger partial charge is 0.487 e. The zero-order valence-corrected chi connectivity index (χ0v) is 13.6. The third-order valence-electron chi connectivity index (χ3n) is 3.24. The average Bonchev–Trinajstić information content (AvgIpc) is 3.08. The number of hydrogen-bond acceptors (Lipinski definition) is 4. The van der Waals surface area contributed by atoms with E-state index in [0.717, 1.165) is 27.9 Å². The van der Waals surface area contributed by atoms with Crippen molar-refractivity contribution in [3.63, 3.8) is 0 Å². The van der Waals surface area contributed by atoms with Crippen LogP contribution >= 0.6 is 11.3 Å². The SMILES string of the molecule is O=C(O)/C=C/c1cccc(OCc2csc(-c3ccccc3)n2)c1. The average molecular weight is 337 g/mol. The fraction of sp³-hybridized carbons (Fsp3) is 0.0526. The van der Waals surface area contributed by atoms with E-state index in [1.54, 1.807) is 17.4 Å². The lowest BCUT2D eigenvalue weighted by molar-refractivity contribution is -0.131. The second kappa shape index (κ2) is 7.57. The van der Waals surface area contributed by atoms with E-state index < -0.39 is 5.97 Å². The zero-order valence-electron chi connectivity index (χ0n) is 12.8. The molecule has 2 aromatic carbocycles. The molecule has 5 heteroatoms. The summed E-state index contributed by atoms with van der Waals surface area (Å²) in [7, 11) is 0. The molecular formula is C19H15NO3S. The van der Waals surface area contributed by atoms with Gasteiger partial charge in [0.2, 0.25) is 0 Å². The first-order valence-electron chi connectivity index (χ1n) is 7.34. The molecule has 4 nitrogen and oxygen atoms in total. The molecule has 0 bridgehead atoms. The van der Waals surface area contributed by atoms with Gasteiger partial charge in [-0.05, 0) is 23.8 Å². The van der Waals surface area contributed by atoms with Gasteiger partial charge in [-0.1, -0.05) is 42.5 Å². The summed E-state index contributed by atoms with van der Waals surface area (Å²) in [5, 5.41) is 11.6. The number of nitrogens with zero attached hydrogens (tertiary/aromatic N) is 1. The van der Waals surface area contributed by atoms with Crippen molar-refractivity contribution < 1.29 is 14.6 Å². The Kier molecular flexibility index (Phi) is 5.03. The maximum absolute atomic E-state index is 10.6. The minimum Gasteiger partial charge on any atom is -0.487 e. The molecule has 24 heavy (non-hydrogen) atoms. The number of thiazole rings is 1. The Bertz CT molecular complexity index is 856.